The van der Waals surface area contributed by atoms with Gasteiger partial charge >= 0.3 is 0 Å². The summed E-state index contributed by atoms with van der Waals surface area (Å²) in [6.07, 6.45) is 8.32. The zero-order valence-electron chi connectivity index (χ0n) is 11.0. The van der Waals surface area contributed by atoms with Gasteiger partial charge in [-0.05, 0) is 37.8 Å². The van der Waals surface area contributed by atoms with Crippen LogP contribution in [0.5, 0.6) is 0 Å². The largest absolute Gasteiger partial charge is 0.392 e. The summed E-state index contributed by atoms with van der Waals surface area (Å²) in [5, 5.41) is 13.2. The third-order valence-corrected chi connectivity index (χ3v) is 4.58. The number of aliphatic hydroxyl groups is 1. The van der Waals surface area contributed by atoms with Crippen molar-refractivity contribution in [1.82, 2.24) is 5.32 Å². The third kappa shape index (κ3) is 3.94. The summed E-state index contributed by atoms with van der Waals surface area (Å²) in [7, 11) is 0. The highest BCUT2D eigenvalue weighted by Gasteiger charge is 2.46. The summed E-state index contributed by atoms with van der Waals surface area (Å²) < 4.78 is 0. The summed E-state index contributed by atoms with van der Waals surface area (Å²) >= 11 is 1.94. The Morgan fingerprint density at radius 3 is 2.50 bits per heavy atom. The molecule has 0 aromatic heterocycles. The Balaban J connectivity index is 1.93. The Hall–Kier alpha value is 0.270. The van der Waals surface area contributed by atoms with Crippen LogP contribution in [0.25, 0.3) is 0 Å². The maximum Gasteiger partial charge on any atom is 0.0621 e. The summed E-state index contributed by atoms with van der Waals surface area (Å²) in [6, 6.07) is 0.522. The van der Waals surface area contributed by atoms with Crippen LogP contribution in [0.2, 0.25) is 0 Å². The zero-order valence-corrected chi connectivity index (χ0v) is 11.8. The molecule has 1 saturated carbocycles. The average molecular weight is 245 g/mol. The molecular formula is C13H27NOS. The predicted molar refractivity (Wildman–Crippen MR) is 73.0 cm³/mol. The number of hydrogen-bond acceptors (Lipinski definition) is 3. The second-order valence-electron chi connectivity index (χ2n) is 5.49. The summed E-state index contributed by atoms with van der Waals surface area (Å²) in [4.78, 5) is 0. The van der Waals surface area contributed by atoms with Crippen LogP contribution in [0.3, 0.4) is 0 Å². The van der Waals surface area contributed by atoms with Crippen LogP contribution >= 0.6 is 11.8 Å². The molecule has 0 radical (unpaired) electrons. The smallest absolute Gasteiger partial charge is 0.0621 e. The van der Waals surface area contributed by atoms with Gasteiger partial charge in [0.25, 0.3) is 0 Å². The Kier molecular flexibility index (Phi) is 6.16. The molecule has 2 nitrogen and oxygen atoms in total. The fourth-order valence-electron chi connectivity index (χ4n) is 2.25. The van der Waals surface area contributed by atoms with Crippen molar-refractivity contribution >= 4 is 11.8 Å². The van der Waals surface area contributed by atoms with Gasteiger partial charge in [-0.1, -0.05) is 26.7 Å². The monoisotopic (exact) mass is 245 g/mol. The minimum Gasteiger partial charge on any atom is -0.392 e. The van der Waals surface area contributed by atoms with Crippen LogP contribution in [-0.2, 0) is 0 Å². The van der Waals surface area contributed by atoms with Gasteiger partial charge in [0.15, 0.2) is 0 Å². The number of thioether (sulfide) groups is 1. The zero-order chi connectivity index (χ0) is 12.0. The normalized spacial score (nSPS) is 27.8. The Morgan fingerprint density at radius 2 is 1.94 bits per heavy atom. The molecule has 0 amide bonds. The van der Waals surface area contributed by atoms with Crippen LogP contribution in [0.15, 0.2) is 0 Å². The molecule has 2 unspecified atom stereocenters. The molecule has 0 spiro atoms. The minimum atomic E-state index is -0.105. The predicted octanol–water partition coefficient (Wildman–Crippen LogP) is 2.66. The van der Waals surface area contributed by atoms with E-state index in [1.165, 1.54) is 31.4 Å². The molecule has 0 saturated heterocycles. The van der Waals surface area contributed by atoms with Crippen molar-refractivity contribution in [2.45, 2.75) is 58.1 Å². The fraction of sp³-hybridized carbons (Fsp3) is 1.00. The molecule has 3 heteroatoms. The molecule has 0 heterocycles. The lowest BCUT2D eigenvalue weighted by atomic mass is 9.64. The third-order valence-electron chi connectivity index (χ3n) is 3.88. The Bertz CT molecular complexity index is 196. The van der Waals surface area contributed by atoms with Gasteiger partial charge in [-0.15, -0.1) is 0 Å². The topological polar surface area (TPSA) is 32.3 Å². The molecule has 1 rings (SSSR count). The minimum absolute atomic E-state index is 0.0822. The maximum absolute atomic E-state index is 9.60. The molecule has 1 fully saturated rings. The first-order chi connectivity index (χ1) is 7.59. The van der Waals surface area contributed by atoms with Crippen LogP contribution in [0.1, 0.15) is 46.0 Å². The van der Waals surface area contributed by atoms with Crippen molar-refractivity contribution in [3.05, 3.63) is 0 Å². The highest BCUT2D eigenvalue weighted by molar-refractivity contribution is 7.98. The summed E-state index contributed by atoms with van der Waals surface area (Å²) in [6.45, 7) is 5.41. The van der Waals surface area contributed by atoms with E-state index < -0.39 is 0 Å². The van der Waals surface area contributed by atoms with Gasteiger partial charge in [0.05, 0.1) is 6.10 Å². The second-order valence-corrected chi connectivity index (χ2v) is 6.47. The molecule has 96 valence electrons. The molecule has 1 aliphatic carbocycles. The Labute approximate surface area is 105 Å². The van der Waals surface area contributed by atoms with Crippen LogP contribution in [-0.4, -0.2) is 35.8 Å². The van der Waals surface area contributed by atoms with E-state index in [0.717, 1.165) is 13.0 Å². The molecule has 1 aliphatic rings. The lowest BCUT2D eigenvalue weighted by molar-refractivity contribution is -0.0722. The van der Waals surface area contributed by atoms with Crippen molar-refractivity contribution in [2.24, 2.45) is 5.41 Å². The van der Waals surface area contributed by atoms with Gasteiger partial charge in [-0.2, -0.15) is 11.8 Å². The number of rotatable bonds is 8. The fourth-order valence-corrected chi connectivity index (χ4v) is 2.74. The lowest BCUT2D eigenvalue weighted by Gasteiger charge is -2.49. The van der Waals surface area contributed by atoms with E-state index in [2.05, 4.69) is 25.4 Å². The van der Waals surface area contributed by atoms with Crippen molar-refractivity contribution in [2.75, 3.05) is 18.6 Å². The summed E-state index contributed by atoms with van der Waals surface area (Å²) in [5.41, 5.74) is 0.0822. The van der Waals surface area contributed by atoms with Gasteiger partial charge in [-0.3, -0.25) is 0 Å². The molecule has 16 heavy (non-hydrogen) atoms. The first kappa shape index (κ1) is 14.3. The van der Waals surface area contributed by atoms with E-state index in [-0.39, 0.29) is 11.5 Å². The highest BCUT2D eigenvalue weighted by atomic mass is 32.2. The summed E-state index contributed by atoms with van der Waals surface area (Å²) in [5.74, 6) is 1.30. The van der Waals surface area contributed by atoms with Crippen LogP contribution < -0.4 is 5.32 Å². The van der Waals surface area contributed by atoms with E-state index in [4.69, 9.17) is 0 Å². The van der Waals surface area contributed by atoms with E-state index in [9.17, 15) is 5.11 Å². The molecule has 0 aliphatic heterocycles. The SMILES string of the molecule is CSCCCCCCNC1CC(O)C1(C)C. The Morgan fingerprint density at radius 1 is 1.25 bits per heavy atom. The van der Waals surface area contributed by atoms with E-state index in [1.54, 1.807) is 0 Å². The first-order valence-corrected chi connectivity index (χ1v) is 7.89. The highest BCUT2D eigenvalue weighted by Crippen LogP contribution is 2.40. The van der Waals surface area contributed by atoms with Gasteiger partial charge < -0.3 is 10.4 Å². The first-order valence-electron chi connectivity index (χ1n) is 6.49. The molecular weight excluding hydrogens is 218 g/mol. The van der Waals surface area contributed by atoms with Crippen molar-refractivity contribution in [1.29, 1.82) is 0 Å². The molecule has 2 atom stereocenters. The van der Waals surface area contributed by atoms with E-state index in [0.29, 0.717) is 6.04 Å². The van der Waals surface area contributed by atoms with Crippen molar-refractivity contribution < 1.29 is 5.11 Å². The van der Waals surface area contributed by atoms with Gasteiger partial charge in [0, 0.05) is 11.5 Å². The van der Waals surface area contributed by atoms with Crippen LogP contribution in [0, 0.1) is 5.41 Å². The van der Waals surface area contributed by atoms with Crippen molar-refractivity contribution in [3.63, 3.8) is 0 Å². The number of hydrogen-bond donors (Lipinski definition) is 2. The van der Waals surface area contributed by atoms with Crippen LogP contribution in [0.4, 0.5) is 0 Å². The van der Waals surface area contributed by atoms with E-state index in [1.807, 2.05) is 11.8 Å². The average Bonchev–Trinajstić information content (AvgIpc) is 2.26. The molecule has 2 N–H and O–H groups in total. The number of nitrogens with one attached hydrogen (secondary N) is 1. The van der Waals surface area contributed by atoms with Gasteiger partial charge in [-0.25, -0.2) is 0 Å². The van der Waals surface area contributed by atoms with Crippen molar-refractivity contribution in [3.8, 4) is 0 Å². The second kappa shape index (κ2) is 6.87. The van der Waals surface area contributed by atoms with E-state index >= 15 is 0 Å². The van der Waals surface area contributed by atoms with Gasteiger partial charge in [0.2, 0.25) is 0 Å². The molecule has 0 bridgehead atoms. The lowest BCUT2D eigenvalue weighted by Crippen LogP contribution is -2.60. The quantitative estimate of drug-likeness (QED) is 0.645. The molecule has 0 aromatic carbocycles. The maximum atomic E-state index is 9.60. The van der Waals surface area contributed by atoms with Gasteiger partial charge in [0.1, 0.15) is 0 Å². The number of unbranched alkanes of at least 4 members (excludes halogenated alkanes) is 3. The number of aliphatic hydroxyl groups excluding tert-OH is 1. The standard InChI is InChI=1S/C13H27NOS/c1-13(2)11(10-12(13)15)14-8-6-4-5-7-9-16-3/h11-12,14-15H,4-10H2,1-3H3. The molecule has 0 aromatic rings.